The van der Waals surface area contributed by atoms with Crippen molar-refractivity contribution >= 4 is 30.8 Å². The molecule has 3 aromatic rings. The first-order chi connectivity index (χ1) is 13.7. The van der Waals surface area contributed by atoms with E-state index in [0.29, 0.717) is 24.6 Å². The molecule has 0 bridgehead atoms. The van der Waals surface area contributed by atoms with Crippen molar-refractivity contribution in [2.24, 2.45) is 0 Å². The number of fused-ring (bicyclic) bond motifs is 1. The van der Waals surface area contributed by atoms with Crippen LogP contribution >= 0.6 is 0 Å². The standard InChI is InChI=1S/C21H24N2O4S2/c1-15-7-8-17(28(2,24)25)13-21(15)29(26,27)23-11-9-16(10-12-23)19-14-22-20-6-4-3-5-18(19)20/h3-8,13-14,16,22H,9-12H2,1-2H3. The zero-order valence-corrected chi connectivity index (χ0v) is 18.1. The lowest BCUT2D eigenvalue weighted by Gasteiger charge is -2.31. The summed E-state index contributed by atoms with van der Waals surface area (Å²) >= 11 is 0. The van der Waals surface area contributed by atoms with Gasteiger partial charge < -0.3 is 4.98 Å². The summed E-state index contributed by atoms with van der Waals surface area (Å²) in [6.07, 6.45) is 4.57. The molecule has 0 unspecified atom stereocenters. The third kappa shape index (κ3) is 3.72. The highest BCUT2D eigenvalue weighted by atomic mass is 32.2. The molecule has 29 heavy (non-hydrogen) atoms. The minimum atomic E-state index is -3.75. The van der Waals surface area contributed by atoms with E-state index >= 15 is 0 Å². The molecular formula is C21H24N2O4S2. The van der Waals surface area contributed by atoms with Crippen LogP contribution in [0.15, 0.2) is 58.5 Å². The Morgan fingerprint density at radius 3 is 2.38 bits per heavy atom. The van der Waals surface area contributed by atoms with Gasteiger partial charge in [-0.3, -0.25) is 0 Å². The molecule has 0 spiro atoms. The van der Waals surface area contributed by atoms with Crippen LogP contribution in [0.25, 0.3) is 10.9 Å². The van der Waals surface area contributed by atoms with Gasteiger partial charge in [0.1, 0.15) is 0 Å². The van der Waals surface area contributed by atoms with Crippen molar-refractivity contribution in [2.45, 2.75) is 35.5 Å². The fourth-order valence-electron chi connectivity index (χ4n) is 4.07. The molecule has 2 aromatic carbocycles. The second-order valence-corrected chi connectivity index (χ2v) is 11.6. The molecule has 8 heteroatoms. The van der Waals surface area contributed by atoms with E-state index in [1.54, 1.807) is 13.0 Å². The van der Waals surface area contributed by atoms with Gasteiger partial charge in [-0.05, 0) is 55.0 Å². The third-order valence-corrected chi connectivity index (χ3v) is 8.87. The second-order valence-electron chi connectivity index (χ2n) is 7.67. The van der Waals surface area contributed by atoms with Crippen LogP contribution in [-0.4, -0.2) is 45.5 Å². The maximum atomic E-state index is 13.2. The first-order valence-electron chi connectivity index (χ1n) is 9.55. The number of aromatic nitrogens is 1. The molecule has 1 aromatic heterocycles. The summed E-state index contributed by atoms with van der Waals surface area (Å²) in [5.41, 5.74) is 2.87. The van der Waals surface area contributed by atoms with Gasteiger partial charge in [-0.15, -0.1) is 0 Å². The monoisotopic (exact) mass is 432 g/mol. The minimum Gasteiger partial charge on any atom is -0.361 e. The maximum Gasteiger partial charge on any atom is 0.243 e. The highest BCUT2D eigenvalue weighted by Gasteiger charge is 2.32. The fraction of sp³-hybridized carbons (Fsp3) is 0.333. The van der Waals surface area contributed by atoms with E-state index in [-0.39, 0.29) is 9.79 Å². The van der Waals surface area contributed by atoms with Crippen molar-refractivity contribution in [3.8, 4) is 0 Å². The topological polar surface area (TPSA) is 87.3 Å². The molecule has 2 heterocycles. The summed E-state index contributed by atoms with van der Waals surface area (Å²) in [7, 11) is -7.23. The Balaban J connectivity index is 1.58. The first-order valence-corrected chi connectivity index (χ1v) is 12.9. The van der Waals surface area contributed by atoms with E-state index in [9.17, 15) is 16.8 Å². The summed E-state index contributed by atoms with van der Waals surface area (Å²) in [4.78, 5) is 3.39. The first kappa shape index (κ1) is 20.1. The molecule has 4 rings (SSSR count). The van der Waals surface area contributed by atoms with Crippen LogP contribution in [-0.2, 0) is 19.9 Å². The van der Waals surface area contributed by atoms with Crippen LogP contribution in [0.2, 0.25) is 0 Å². The molecule has 1 N–H and O–H groups in total. The van der Waals surface area contributed by atoms with Gasteiger partial charge in [0.2, 0.25) is 10.0 Å². The molecular weight excluding hydrogens is 408 g/mol. The van der Waals surface area contributed by atoms with E-state index in [1.165, 1.54) is 27.4 Å². The number of aromatic amines is 1. The number of H-pyrrole nitrogens is 1. The van der Waals surface area contributed by atoms with Crippen molar-refractivity contribution in [3.63, 3.8) is 0 Å². The number of sulfonamides is 1. The molecule has 1 fully saturated rings. The predicted octanol–water partition coefficient (Wildman–Crippen LogP) is 3.45. The Hall–Kier alpha value is -2.16. The van der Waals surface area contributed by atoms with Gasteiger partial charge in [0.15, 0.2) is 9.84 Å². The number of hydrogen-bond donors (Lipinski definition) is 1. The quantitative estimate of drug-likeness (QED) is 0.684. The number of piperidine rings is 1. The van der Waals surface area contributed by atoms with Crippen LogP contribution in [0.1, 0.15) is 29.9 Å². The minimum absolute atomic E-state index is 0.0235. The molecule has 1 aliphatic rings. The van der Waals surface area contributed by atoms with Crippen LogP contribution in [0.5, 0.6) is 0 Å². The van der Waals surface area contributed by atoms with Gasteiger partial charge in [-0.2, -0.15) is 4.31 Å². The van der Waals surface area contributed by atoms with Gasteiger partial charge in [-0.25, -0.2) is 16.8 Å². The van der Waals surface area contributed by atoms with E-state index in [1.807, 2.05) is 24.4 Å². The Morgan fingerprint density at radius 1 is 1.00 bits per heavy atom. The van der Waals surface area contributed by atoms with E-state index < -0.39 is 19.9 Å². The van der Waals surface area contributed by atoms with Gasteiger partial charge in [0.05, 0.1) is 9.79 Å². The maximum absolute atomic E-state index is 13.2. The van der Waals surface area contributed by atoms with Gasteiger partial charge in [0.25, 0.3) is 0 Å². The van der Waals surface area contributed by atoms with Crippen LogP contribution in [0.3, 0.4) is 0 Å². The van der Waals surface area contributed by atoms with E-state index in [2.05, 4.69) is 11.1 Å². The number of sulfone groups is 1. The summed E-state index contributed by atoms with van der Waals surface area (Å²) in [5, 5.41) is 1.19. The lowest BCUT2D eigenvalue weighted by Crippen LogP contribution is -2.38. The highest BCUT2D eigenvalue weighted by molar-refractivity contribution is 7.91. The second kappa shape index (κ2) is 7.27. The summed E-state index contributed by atoms with van der Waals surface area (Å²) in [5.74, 6) is 0.293. The number of aryl methyl sites for hydroxylation is 1. The van der Waals surface area contributed by atoms with Crippen LogP contribution < -0.4 is 0 Å². The molecule has 0 aliphatic carbocycles. The SMILES string of the molecule is Cc1ccc(S(C)(=O)=O)cc1S(=O)(=O)N1CCC(c2c[nH]c3ccccc23)CC1. The number of nitrogens with one attached hydrogen (secondary N) is 1. The highest BCUT2D eigenvalue weighted by Crippen LogP contribution is 2.35. The van der Waals surface area contributed by atoms with Gasteiger partial charge in [0, 0.05) is 36.4 Å². The number of nitrogens with zero attached hydrogens (tertiary/aromatic N) is 1. The molecule has 6 nitrogen and oxygen atoms in total. The summed E-state index contributed by atoms with van der Waals surface area (Å²) < 4.78 is 51.7. The molecule has 0 saturated carbocycles. The molecule has 154 valence electrons. The number of benzene rings is 2. The zero-order valence-electron chi connectivity index (χ0n) is 16.4. The van der Waals surface area contributed by atoms with E-state index in [4.69, 9.17) is 0 Å². The van der Waals surface area contributed by atoms with Gasteiger partial charge >= 0.3 is 0 Å². The summed E-state index contributed by atoms with van der Waals surface area (Å²) in [6, 6.07) is 12.4. The van der Waals surface area contributed by atoms with Crippen LogP contribution in [0, 0.1) is 6.92 Å². The third-order valence-electron chi connectivity index (χ3n) is 5.72. The Morgan fingerprint density at radius 2 is 1.69 bits per heavy atom. The van der Waals surface area contributed by atoms with Crippen molar-refractivity contribution < 1.29 is 16.8 Å². The van der Waals surface area contributed by atoms with Gasteiger partial charge in [-0.1, -0.05) is 24.3 Å². The lowest BCUT2D eigenvalue weighted by molar-refractivity contribution is 0.320. The average molecular weight is 433 g/mol. The molecule has 0 atom stereocenters. The average Bonchev–Trinajstić information content (AvgIpc) is 3.11. The number of para-hydroxylation sites is 1. The van der Waals surface area contributed by atoms with E-state index in [0.717, 1.165) is 24.6 Å². The van der Waals surface area contributed by atoms with Crippen molar-refractivity contribution in [1.82, 2.24) is 9.29 Å². The van der Waals surface area contributed by atoms with Crippen molar-refractivity contribution in [1.29, 1.82) is 0 Å². The molecule has 1 aliphatic heterocycles. The molecule has 0 amide bonds. The largest absolute Gasteiger partial charge is 0.361 e. The predicted molar refractivity (Wildman–Crippen MR) is 113 cm³/mol. The smallest absolute Gasteiger partial charge is 0.243 e. The van der Waals surface area contributed by atoms with Crippen molar-refractivity contribution in [3.05, 3.63) is 59.8 Å². The zero-order chi connectivity index (χ0) is 20.8. The fourth-order valence-corrected chi connectivity index (χ4v) is 6.51. The summed E-state index contributed by atoms with van der Waals surface area (Å²) in [6.45, 7) is 2.52. The molecule has 1 saturated heterocycles. The van der Waals surface area contributed by atoms with Crippen LogP contribution in [0.4, 0.5) is 0 Å². The normalized spacial score (nSPS) is 17.0. The molecule has 0 radical (unpaired) electrons. The number of rotatable bonds is 4. The Bertz CT molecular complexity index is 1270. The lowest BCUT2D eigenvalue weighted by atomic mass is 9.90. The Labute approximate surface area is 171 Å². The number of hydrogen-bond acceptors (Lipinski definition) is 4. The Kier molecular flexibility index (Phi) is 5.04. The van der Waals surface area contributed by atoms with Crippen molar-refractivity contribution in [2.75, 3.05) is 19.3 Å².